The Morgan fingerprint density at radius 2 is 2.11 bits per heavy atom. The highest BCUT2D eigenvalue weighted by atomic mass is 16.5. The van der Waals surface area contributed by atoms with Gasteiger partial charge in [0, 0.05) is 17.8 Å². The summed E-state index contributed by atoms with van der Waals surface area (Å²) in [6.45, 7) is 0. The molecule has 0 bridgehead atoms. The van der Waals surface area contributed by atoms with Crippen molar-refractivity contribution >= 4 is 11.6 Å². The van der Waals surface area contributed by atoms with Gasteiger partial charge in [-0.1, -0.05) is 12.1 Å². The molecule has 0 saturated carbocycles. The number of ether oxygens (including phenoxy) is 1. The van der Waals surface area contributed by atoms with Gasteiger partial charge in [0.1, 0.15) is 5.75 Å². The third-order valence-electron chi connectivity index (χ3n) is 2.36. The van der Waals surface area contributed by atoms with Crippen LogP contribution in [0.2, 0.25) is 0 Å². The van der Waals surface area contributed by atoms with Crippen molar-refractivity contribution in [2.24, 2.45) is 0 Å². The fourth-order valence-corrected chi connectivity index (χ4v) is 1.44. The Morgan fingerprint density at radius 3 is 2.83 bits per heavy atom. The Bertz CT molecular complexity index is 570. The van der Waals surface area contributed by atoms with E-state index < -0.39 is 0 Å². The Morgan fingerprint density at radius 1 is 1.33 bits per heavy atom. The summed E-state index contributed by atoms with van der Waals surface area (Å²) in [4.78, 5) is 15.8. The van der Waals surface area contributed by atoms with Gasteiger partial charge in [-0.2, -0.15) is 0 Å². The molecule has 1 heterocycles. The number of nitrogens with zero attached hydrogens (tertiary/aromatic N) is 1. The topological polar surface area (TPSA) is 71.5 Å². The van der Waals surface area contributed by atoms with Crippen LogP contribution in [0.1, 0.15) is 10.4 Å². The first-order valence-corrected chi connectivity index (χ1v) is 5.30. The number of hydrogen-bond donors (Lipinski definition) is 2. The molecule has 0 aliphatic rings. The van der Waals surface area contributed by atoms with E-state index in [9.17, 15) is 9.90 Å². The number of benzene rings is 1. The van der Waals surface area contributed by atoms with Crippen molar-refractivity contribution < 1.29 is 14.6 Å². The number of methoxy groups -OCH3 is 1. The summed E-state index contributed by atoms with van der Waals surface area (Å²) in [6, 6.07) is 9.62. The minimum Gasteiger partial charge on any atom is -0.506 e. The lowest BCUT2D eigenvalue weighted by atomic mass is 10.2. The van der Waals surface area contributed by atoms with Gasteiger partial charge in [0.05, 0.1) is 12.8 Å². The maximum atomic E-state index is 11.9. The quantitative estimate of drug-likeness (QED) is 0.810. The van der Waals surface area contributed by atoms with E-state index in [1.807, 2.05) is 0 Å². The smallest absolute Gasteiger partial charge is 0.256 e. The molecule has 2 N–H and O–H groups in total. The van der Waals surface area contributed by atoms with Gasteiger partial charge in [-0.15, -0.1) is 0 Å². The molecule has 0 aliphatic carbocycles. The first-order valence-electron chi connectivity index (χ1n) is 5.30. The van der Waals surface area contributed by atoms with Crippen LogP contribution in [0.5, 0.6) is 11.6 Å². The second kappa shape index (κ2) is 5.18. The molecule has 1 aromatic heterocycles. The number of amides is 1. The molecule has 2 aromatic rings. The van der Waals surface area contributed by atoms with E-state index in [4.69, 9.17) is 4.74 Å². The highest BCUT2D eigenvalue weighted by Crippen LogP contribution is 2.22. The fourth-order valence-electron chi connectivity index (χ4n) is 1.44. The van der Waals surface area contributed by atoms with Crippen molar-refractivity contribution in [3.8, 4) is 11.6 Å². The highest BCUT2D eigenvalue weighted by Gasteiger charge is 2.09. The van der Waals surface area contributed by atoms with Gasteiger partial charge in [-0.05, 0) is 18.2 Å². The average Bonchev–Trinajstić information content (AvgIpc) is 2.41. The van der Waals surface area contributed by atoms with Crippen LogP contribution in [0.3, 0.4) is 0 Å². The van der Waals surface area contributed by atoms with Crippen LogP contribution in [0.4, 0.5) is 5.69 Å². The molecular weight excluding hydrogens is 232 g/mol. The van der Waals surface area contributed by atoms with Gasteiger partial charge in [-0.3, -0.25) is 4.79 Å². The molecule has 1 aromatic carbocycles. The molecule has 1 amide bonds. The summed E-state index contributed by atoms with van der Waals surface area (Å²) in [5.74, 6) is 0.0454. The van der Waals surface area contributed by atoms with Gasteiger partial charge in [0.15, 0.2) is 0 Å². The van der Waals surface area contributed by atoms with Gasteiger partial charge in [0.25, 0.3) is 5.91 Å². The Labute approximate surface area is 104 Å². The zero-order valence-corrected chi connectivity index (χ0v) is 9.75. The van der Waals surface area contributed by atoms with Crippen molar-refractivity contribution in [2.45, 2.75) is 0 Å². The van der Waals surface area contributed by atoms with E-state index in [0.717, 1.165) is 0 Å². The average molecular weight is 244 g/mol. The Hall–Kier alpha value is -2.56. The predicted octanol–water partition coefficient (Wildman–Crippen LogP) is 2.05. The maximum absolute atomic E-state index is 11.9. The zero-order valence-electron chi connectivity index (χ0n) is 9.75. The second-order valence-corrected chi connectivity index (χ2v) is 3.56. The van der Waals surface area contributed by atoms with Gasteiger partial charge < -0.3 is 15.2 Å². The molecular formula is C13H12N2O3. The molecule has 0 fully saturated rings. The van der Waals surface area contributed by atoms with Gasteiger partial charge in [0.2, 0.25) is 5.88 Å². The van der Waals surface area contributed by atoms with Crippen molar-refractivity contribution in [2.75, 3.05) is 12.4 Å². The predicted molar refractivity (Wildman–Crippen MR) is 66.8 cm³/mol. The van der Waals surface area contributed by atoms with Gasteiger partial charge in [-0.25, -0.2) is 4.98 Å². The van der Waals surface area contributed by atoms with Crippen LogP contribution in [-0.4, -0.2) is 23.1 Å². The summed E-state index contributed by atoms with van der Waals surface area (Å²) >= 11 is 0. The molecule has 0 spiro atoms. The molecule has 18 heavy (non-hydrogen) atoms. The molecule has 5 nitrogen and oxygen atoms in total. The summed E-state index contributed by atoms with van der Waals surface area (Å²) in [5, 5.41) is 12.2. The Kier molecular flexibility index (Phi) is 3.43. The van der Waals surface area contributed by atoms with E-state index in [-0.39, 0.29) is 11.7 Å². The lowest BCUT2D eigenvalue weighted by molar-refractivity contribution is 0.102. The highest BCUT2D eigenvalue weighted by molar-refractivity contribution is 6.05. The first-order chi connectivity index (χ1) is 8.70. The van der Waals surface area contributed by atoms with Crippen LogP contribution in [-0.2, 0) is 0 Å². The molecule has 0 radical (unpaired) electrons. The molecule has 0 atom stereocenters. The number of nitrogens with one attached hydrogen (secondary N) is 1. The van der Waals surface area contributed by atoms with Crippen molar-refractivity contribution in [3.05, 3.63) is 48.2 Å². The van der Waals surface area contributed by atoms with Gasteiger partial charge >= 0.3 is 0 Å². The monoisotopic (exact) mass is 244 g/mol. The third kappa shape index (κ3) is 2.57. The molecule has 0 unspecified atom stereocenters. The summed E-state index contributed by atoms with van der Waals surface area (Å²) in [5.41, 5.74) is 0.767. The number of aromatic nitrogens is 1. The number of carbonyl (C=O) groups excluding carboxylic acids is 1. The number of phenolic OH excluding ortho intramolecular Hbond substituents is 1. The van der Waals surface area contributed by atoms with Crippen LogP contribution in [0.15, 0.2) is 42.6 Å². The second-order valence-electron chi connectivity index (χ2n) is 3.56. The number of aromatic hydroxyl groups is 1. The normalized spacial score (nSPS) is 9.83. The number of carbonyl (C=O) groups is 1. The summed E-state index contributed by atoms with van der Waals surface area (Å²) < 4.78 is 4.94. The number of phenols is 1. The van der Waals surface area contributed by atoms with Crippen LogP contribution < -0.4 is 10.1 Å². The SMILES string of the molecule is COc1cc(C(=O)Nc2ccccc2O)ccn1. The van der Waals surface area contributed by atoms with Crippen molar-refractivity contribution in [3.63, 3.8) is 0 Å². The standard InChI is InChI=1S/C13H12N2O3/c1-18-12-8-9(6-7-14-12)13(17)15-10-4-2-3-5-11(10)16/h2-8,16H,1H3,(H,15,17). The molecule has 92 valence electrons. The van der Waals surface area contributed by atoms with Crippen LogP contribution in [0.25, 0.3) is 0 Å². The van der Waals surface area contributed by atoms with Crippen molar-refractivity contribution in [1.29, 1.82) is 0 Å². The fraction of sp³-hybridized carbons (Fsp3) is 0.0769. The minimum absolute atomic E-state index is 0.0203. The Balaban J connectivity index is 2.19. The van der Waals surface area contributed by atoms with Crippen LogP contribution in [0, 0.1) is 0 Å². The maximum Gasteiger partial charge on any atom is 0.256 e. The number of para-hydroxylation sites is 2. The minimum atomic E-state index is -0.336. The third-order valence-corrected chi connectivity index (χ3v) is 2.36. The molecule has 2 rings (SSSR count). The first kappa shape index (κ1) is 11.9. The van der Waals surface area contributed by atoms with E-state index in [2.05, 4.69) is 10.3 Å². The summed E-state index contributed by atoms with van der Waals surface area (Å²) in [6.07, 6.45) is 1.48. The molecule has 5 heteroatoms. The number of hydrogen-bond acceptors (Lipinski definition) is 4. The van der Waals surface area contributed by atoms with E-state index >= 15 is 0 Å². The van der Waals surface area contributed by atoms with Crippen molar-refractivity contribution in [1.82, 2.24) is 4.98 Å². The lowest BCUT2D eigenvalue weighted by Gasteiger charge is -2.07. The summed E-state index contributed by atoms with van der Waals surface area (Å²) in [7, 11) is 1.48. The zero-order chi connectivity index (χ0) is 13.0. The molecule has 0 aliphatic heterocycles. The van der Waals surface area contributed by atoms with Crippen LogP contribution >= 0.6 is 0 Å². The molecule has 0 saturated heterocycles. The lowest BCUT2D eigenvalue weighted by Crippen LogP contribution is -2.12. The largest absolute Gasteiger partial charge is 0.506 e. The van der Waals surface area contributed by atoms with E-state index in [0.29, 0.717) is 17.1 Å². The number of pyridine rings is 1. The number of rotatable bonds is 3. The van der Waals surface area contributed by atoms with E-state index in [1.165, 1.54) is 25.4 Å². The van der Waals surface area contributed by atoms with E-state index in [1.54, 1.807) is 24.3 Å². The number of anilines is 1.